The molecule has 206 valence electrons. The topological polar surface area (TPSA) is 167 Å². The molecule has 1 aliphatic rings. The molecule has 2 aromatic rings. The highest BCUT2D eigenvalue weighted by Gasteiger charge is 2.65. The van der Waals surface area contributed by atoms with Crippen LogP contribution in [0.3, 0.4) is 0 Å². The highest BCUT2D eigenvalue weighted by Crippen LogP contribution is 2.49. The number of hydrogen-bond acceptors (Lipinski definition) is 11. The summed E-state index contributed by atoms with van der Waals surface area (Å²) in [5.74, 6) is -3.49. The molecule has 1 saturated heterocycles. The molecule has 4 N–H and O–H groups in total. The van der Waals surface area contributed by atoms with Gasteiger partial charge in [-0.05, 0) is 46.1 Å². The van der Waals surface area contributed by atoms with Crippen molar-refractivity contribution in [2.24, 2.45) is 0 Å². The molecule has 0 amide bonds. The number of imidazole rings is 1. The zero-order valence-electron chi connectivity index (χ0n) is 21.5. The Morgan fingerprint density at radius 2 is 2.00 bits per heavy atom. The van der Waals surface area contributed by atoms with Crippen LogP contribution in [0.15, 0.2) is 6.33 Å². The van der Waals surface area contributed by atoms with E-state index in [1.165, 1.54) is 13.3 Å². The van der Waals surface area contributed by atoms with Crippen molar-refractivity contribution in [1.82, 2.24) is 24.6 Å². The molecule has 2 aromatic heterocycles. The lowest BCUT2D eigenvalue weighted by atomic mass is 9.97. The fraction of sp³-hybridized carbons (Fsp3) is 0.714. The van der Waals surface area contributed by atoms with Crippen molar-refractivity contribution in [3.63, 3.8) is 0 Å². The molecule has 3 heterocycles. The van der Waals surface area contributed by atoms with Gasteiger partial charge in [-0.2, -0.15) is 9.97 Å². The minimum Gasteiger partial charge on any atom is -0.462 e. The van der Waals surface area contributed by atoms with Crippen molar-refractivity contribution in [3.05, 3.63) is 6.33 Å². The number of fused-ring (bicyclic) bond motifs is 1. The summed E-state index contributed by atoms with van der Waals surface area (Å²) in [7, 11) is -2.80. The van der Waals surface area contributed by atoms with Gasteiger partial charge in [0.05, 0.1) is 12.4 Å². The number of hydrogen-bond donors (Lipinski definition) is 3. The van der Waals surface area contributed by atoms with Crippen LogP contribution in [0.4, 0.5) is 20.5 Å². The number of carbonyl (C=O) groups is 1. The van der Waals surface area contributed by atoms with Gasteiger partial charge in [0.25, 0.3) is 5.85 Å². The Morgan fingerprint density at radius 3 is 2.59 bits per heavy atom. The lowest BCUT2D eigenvalue weighted by molar-refractivity contribution is -0.201. The van der Waals surface area contributed by atoms with E-state index in [0.29, 0.717) is 18.9 Å². The average molecular weight is 549 g/mol. The SMILES string of the molecule is CCN(CC)c1nc(N)nc2c1ncn2[C@@H]1O[C@](F)(CO[P+](=O)N[C@@H](C)C(=O)OC(C)C)[C@@H](O)[C@@]1(C)F. The van der Waals surface area contributed by atoms with E-state index in [2.05, 4.69) is 20.0 Å². The molecule has 3 rings (SSSR count). The summed E-state index contributed by atoms with van der Waals surface area (Å²) >= 11 is 0. The third kappa shape index (κ3) is 5.80. The molecule has 0 aliphatic carbocycles. The number of anilines is 2. The van der Waals surface area contributed by atoms with E-state index < -0.39 is 56.8 Å². The van der Waals surface area contributed by atoms with Crippen LogP contribution in [-0.2, 0) is 23.4 Å². The smallest absolute Gasteiger partial charge is 0.462 e. The number of ether oxygens (including phenoxy) is 2. The zero-order chi connectivity index (χ0) is 27.7. The first-order valence-corrected chi connectivity index (χ1v) is 13.0. The minimum atomic E-state index is -3.10. The molecule has 0 aromatic carbocycles. The van der Waals surface area contributed by atoms with E-state index in [1.54, 1.807) is 13.8 Å². The number of nitrogens with one attached hydrogen (secondary N) is 1. The molecule has 6 atom stereocenters. The third-order valence-corrected chi connectivity index (χ3v) is 6.81. The van der Waals surface area contributed by atoms with Crippen LogP contribution in [0, 0.1) is 0 Å². The number of aliphatic hydroxyl groups excluding tert-OH is 1. The Kier molecular flexibility index (Phi) is 8.64. The Hall–Kier alpha value is -2.58. The van der Waals surface area contributed by atoms with Gasteiger partial charge in [0.2, 0.25) is 5.95 Å². The molecule has 0 spiro atoms. The van der Waals surface area contributed by atoms with E-state index in [-0.39, 0.29) is 17.1 Å². The number of esters is 1. The van der Waals surface area contributed by atoms with Crippen LogP contribution in [0.1, 0.15) is 47.8 Å². The Bertz CT molecular complexity index is 1150. The van der Waals surface area contributed by atoms with Crippen molar-refractivity contribution in [2.75, 3.05) is 30.3 Å². The summed E-state index contributed by atoms with van der Waals surface area (Å²) in [5, 5.41) is 12.9. The maximum absolute atomic E-state index is 15.8. The Labute approximate surface area is 213 Å². The molecule has 16 heteroatoms. The van der Waals surface area contributed by atoms with Gasteiger partial charge in [0.1, 0.15) is 6.04 Å². The predicted octanol–water partition coefficient (Wildman–Crippen LogP) is 2.14. The molecular weight excluding hydrogens is 515 g/mol. The second kappa shape index (κ2) is 11.0. The number of nitrogens with two attached hydrogens (primary N) is 1. The second-order valence-electron chi connectivity index (χ2n) is 9.08. The van der Waals surface area contributed by atoms with E-state index in [0.717, 1.165) is 11.5 Å². The lowest BCUT2D eigenvalue weighted by Gasteiger charge is -2.24. The van der Waals surface area contributed by atoms with Gasteiger partial charge in [-0.25, -0.2) is 13.8 Å². The molecule has 0 bridgehead atoms. The molecule has 0 radical (unpaired) electrons. The molecule has 0 saturated carbocycles. The normalized spacial score (nSPS) is 27.0. The summed E-state index contributed by atoms with van der Waals surface area (Å²) in [5.41, 5.74) is 3.55. The first-order chi connectivity index (χ1) is 17.2. The van der Waals surface area contributed by atoms with Crippen LogP contribution >= 0.6 is 8.18 Å². The van der Waals surface area contributed by atoms with Gasteiger partial charge in [-0.1, -0.05) is 5.09 Å². The molecule has 1 aliphatic heterocycles. The largest absolute Gasteiger partial charge is 0.614 e. The first kappa shape index (κ1) is 29.0. The van der Waals surface area contributed by atoms with Gasteiger partial charge >= 0.3 is 14.1 Å². The van der Waals surface area contributed by atoms with Crippen LogP contribution in [-0.4, -0.2) is 80.1 Å². The predicted molar refractivity (Wildman–Crippen MR) is 130 cm³/mol. The fourth-order valence-electron chi connectivity index (χ4n) is 3.93. The maximum Gasteiger partial charge on any atom is 0.614 e. The lowest BCUT2D eigenvalue weighted by Crippen LogP contribution is -2.46. The number of aliphatic hydroxyl groups is 1. The fourth-order valence-corrected chi connectivity index (χ4v) is 4.72. The number of alkyl halides is 2. The number of aromatic nitrogens is 4. The molecular formula is C21H33F2N7O6P+. The monoisotopic (exact) mass is 548 g/mol. The van der Waals surface area contributed by atoms with Crippen molar-refractivity contribution in [3.8, 4) is 0 Å². The number of nitrogen functional groups attached to an aromatic ring is 1. The minimum absolute atomic E-state index is 0.0749. The average Bonchev–Trinajstić information content (AvgIpc) is 3.30. The van der Waals surface area contributed by atoms with E-state index >= 15 is 8.78 Å². The third-order valence-electron chi connectivity index (χ3n) is 5.85. The number of nitrogens with zero attached hydrogens (tertiary/aromatic N) is 5. The number of rotatable bonds is 11. The van der Waals surface area contributed by atoms with Gasteiger partial charge in [0, 0.05) is 13.1 Å². The van der Waals surface area contributed by atoms with Gasteiger partial charge in [-0.3, -0.25) is 9.36 Å². The quantitative estimate of drug-likeness (QED) is 0.277. The highest BCUT2D eigenvalue weighted by atomic mass is 31.1. The Balaban J connectivity index is 1.82. The van der Waals surface area contributed by atoms with Crippen LogP contribution in [0.5, 0.6) is 0 Å². The number of halogens is 2. The number of carbonyl (C=O) groups excluding carboxylic acids is 1. The summed E-state index contributed by atoms with van der Waals surface area (Å²) in [6.07, 6.45) is -3.27. The zero-order valence-corrected chi connectivity index (χ0v) is 22.4. The molecule has 1 unspecified atom stereocenters. The maximum atomic E-state index is 15.8. The summed E-state index contributed by atoms with van der Waals surface area (Å²) < 4.78 is 60.1. The van der Waals surface area contributed by atoms with Gasteiger partial charge < -0.3 is 25.2 Å². The highest BCUT2D eigenvalue weighted by molar-refractivity contribution is 7.36. The first-order valence-electron chi connectivity index (χ1n) is 11.8. The van der Waals surface area contributed by atoms with E-state index in [4.69, 9.17) is 19.7 Å². The van der Waals surface area contributed by atoms with Crippen molar-refractivity contribution >= 4 is 37.1 Å². The van der Waals surface area contributed by atoms with Crippen molar-refractivity contribution in [2.45, 2.75) is 77.5 Å². The Morgan fingerprint density at radius 1 is 1.35 bits per heavy atom. The van der Waals surface area contributed by atoms with E-state index in [9.17, 15) is 14.5 Å². The summed E-state index contributed by atoms with van der Waals surface area (Å²) in [6, 6.07) is -1.03. The molecule has 1 fully saturated rings. The van der Waals surface area contributed by atoms with Crippen molar-refractivity contribution < 1.29 is 37.2 Å². The van der Waals surface area contributed by atoms with Gasteiger partial charge in [-0.15, -0.1) is 4.52 Å². The summed E-state index contributed by atoms with van der Waals surface area (Å²) in [6.45, 7) is 9.50. The van der Waals surface area contributed by atoms with Crippen molar-refractivity contribution in [1.29, 1.82) is 0 Å². The standard InChI is InChI=1S/C21H33F2N7O6P/c1-7-29(8-2)14-13-15(27-19(24)26-14)30(10-25-13)18-20(6,22)17(32)21(23,36-18)9-34-37(33)28-12(5)16(31)35-11(3)4/h10-12,17-18,32H,7-9H2,1-6H3,(H,28,33)(H2,24,26,27)/q+1/t12-,17-,18+,20+,21+/m0/s1. The van der Waals surface area contributed by atoms with Crippen LogP contribution in [0.2, 0.25) is 0 Å². The molecule has 13 nitrogen and oxygen atoms in total. The van der Waals surface area contributed by atoms with E-state index in [1.807, 2.05) is 18.7 Å². The van der Waals surface area contributed by atoms with Crippen LogP contribution < -0.4 is 15.7 Å². The molecule has 37 heavy (non-hydrogen) atoms. The van der Waals surface area contributed by atoms with Crippen LogP contribution in [0.25, 0.3) is 11.2 Å². The summed E-state index contributed by atoms with van der Waals surface area (Å²) in [4.78, 5) is 26.4. The second-order valence-corrected chi connectivity index (χ2v) is 10.1. The van der Waals surface area contributed by atoms with Gasteiger partial charge in [0.15, 0.2) is 41.6 Å².